The molecule has 5 rings (SSSR count). The van der Waals surface area contributed by atoms with Gasteiger partial charge in [-0.25, -0.2) is 10.0 Å². The van der Waals surface area contributed by atoms with E-state index in [1.807, 2.05) is 0 Å². The summed E-state index contributed by atoms with van der Waals surface area (Å²) in [5.74, 6) is -2.05. The molecule has 14 heteroatoms. The lowest BCUT2D eigenvalue weighted by atomic mass is 10.1. The smallest absolute Gasteiger partial charge is 0.223 e. The third kappa shape index (κ3) is 1.81. The van der Waals surface area contributed by atoms with Crippen molar-refractivity contribution in [3.05, 3.63) is 9.81 Å². The minimum Gasteiger partial charge on any atom is -0.292 e. The maximum Gasteiger partial charge on any atom is 0.223 e. The van der Waals surface area contributed by atoms with Crippen LogP contribution in [0.2, 0.25) is 0 Å². The van der Waals surface area contributed by atoms with Gasteiger partial charge in [0.1, 0.15) is 0 Å². The summed E-state index contributed by atoms with van der Waals surface area (Å²) < 4.78 is 0. The number of carbonyl (C=O) groups excluding carboxylic acids is 4. The van der Waals surface area contributed by atoms with Gasteiger partial charge < -0.3 is 0 Å². The van der Waals surface area contributed by atoms with Gasteiger partial charge in [-0.2, -0.15) is 0 Å². The highest BCUT2D eigenvalue weighted by atomic mass is 16.3. The van der Waals surface area contributed by atoms with E-state index in [9.17, 15) is 29.0 Å². The Balaban J connectivity index is 2.08. The molecule has 6 bridgehead atoms. The van der Waals surface area contributed by atoms with E-state index >= 15 is 0 Å². The Hall–Kier alpha value is -3.32. The van der Waals surface area contributed by atoms with Crippen LogP contribution in [0.25, 0.3) is 0 Å². The summed E-state index contributed by atoms with van der Waals surface area (Å²) in [6, 6.07) is 0. The number of amides is 4. The van der Waals surface area contributed by atoms with Crippen LogP contribution in [-0.4, -0.2) is 90.2 Å². The zero-order valence-electron chi connectivity index (χ0n) is 15.5. The SMILES string of the molecule is CC(=O)N1C2C3N(N=O)C4C(N2N=O)N(C(C)=O)C(C1N3C(C)=O)N4C(C)=O. The van der Waals surface area contributed by atoms with Crippen molar-refractivity contribution in [2.75, 3.05) is 0 Å². The number of piperazine rings is 1. The van der Waals surface area contributed by atoms with Gasteiger partial charge in [-0.1, -0.05) is 0 Å². The van der Waals surface area contributed by atoms with Gasteiger partial charge in [0.05, 0.1) is 10.6 Å². The first-order valence-corrected chi connectivity index (χ1v) is 8.57. The molecule has 4 atom stereocenters. The summed E-state index contributed by atoms with van der Waals surface area (Å²) in [6.07, 6.45) is -6.67. The van der Waals surface area contributed by atoms with Crippen LogP contribution in [-0.2, 0) is 19.2 Å². The topological polar surface area (TPSA) is 147 Å². The predicted molar refractivity (Wildman–Crippen MR) is 88.1 cm³/mol. The van der Waals surface area contributed by atoms with Crippen molar-refractivity contribution >= 4 is 23.6 Å². The second-order valence-electron chi connectivity index (χ2n) is 7.11. The zero-order valence-corrected chi connectivity index (χ0v) is 15.5. The molecule has 5 heterocycles. The number of nitroso groups, excluding NO2 is 2. The van der Waals surface area contributed by atoms with E-state index in [4.69, 9.17) is 0 Å². The summed E-state index contributed by atoms with van der Waals surface area (Å²) in [6.45, 7) is 4.93. The van der Waals surface area contributed by atoms with Crippen LogP contribution in [0.5, 0.6) is 0 Å². The summed E-state index contributed by atoms with van der Waals surface area (Å²) in [4.78, 5) is 78.5. The molecule has 0 radical (unpaired) electrons. The van der Waals surface area contributed by atoms with Crippen molar-refractivity contribution in [2.45, 2.75) is 64.7 Å². The number of hydrogen-bond donors (Lipinski definition) is 0. The van der Waals surface area contributed by atoms with Crippen molar-refractivity contribution in [2.24, 2.45) is 10.6 Å². The largest absolute Gasteiger partial charge is 0.292 e. The van der Waals surface area contributed by atoms with Crippen LogP contribution in [0.15, 0.2) is 10.6 Å². The number of carbonyl (C=O) groups is 4. The minimum atomic E-state index is -1.12. The second kappa shape index (κ2) is 5.59. The Kier molecular flexibility index (Phi) is 3.61. The highest BCUT2D eigenvalue weighted by Crippen LogP contribution is 2.51. The normalized spacial score (nSPS) is 34.9. The Bertz CT molecular complexity index is 698. The Morgan fingerprint density at radius 3 is 0.857 bits per heavy atom. The van der Waals surface area contributed by atoms with E-state index in [1.54, 1.807) is 0 Å². The molecule has 4 unspecified atom stereocenters. The van der Waals surface area contributed by atoms with Gasteiger partial charge >= 0.3 is 0 Å². The van der Waals surface area contributed by atoms with Gasteiger partial charge in [-0.05, 0) is 0 Å². The van der Waals surface area contributed by atoms with Crippen molar-refractivity contribution in [1.82, 2.24) is 29.6 Å². The summed E-state index contributed by atoms with van der Waals surface area (Å²) in [5, 5.41) is 7.98. The number of nitrogens with zero attached hydrogens (tertiary/aromatic N) is 8. The van der Waals surface area contributed by atoms with Crippen LogP contribution in [0.1, 0.15) is 27.7 Å². The number of rotatable bonds is 2. The first-order valence-electron chi connectivity index (χ1n) is 8.57. The van der Waals surface area contributed by atoms with E-state index < -0.39 is 60.6 Å². The molecule has 0 aliphatic carbocycles. The molecule has 5 fully saturated rings. The number of hydrogen-bond acceptors (Lipinski definition) is 8. The highest BCUT2D eigenvalue weighted by Gasteiger charge is 2.76. The van der Waals surface area contributed by atoms with Crippen LogP contribution < -0.4 is 0 Å². The van der Waals surface area contributed by atoms with E-state index in [2.05, 4.69) is 10.6 Å². The Morgan fingerprint density at radius 2 is 0.714 bits per heavy atom. The maximum absolute atomic E-state index is 12.5. The van der Waals surface area contributed by atoms with Crippen LogP contribution in [0, 0.1) is 9.81 Å². The maximum atomic E-state index is 12.5. The second-order valence-corrected chi connectivity index (χ2v) is 7.11. The third-order valence-electron chi connectivity index (χ3n) is 5.81. The molecule has 4 amide bonds. The lowest BCUT2D eigenvalue weighted by Crippen LogP contribution is -2.72. The van der Waals surface area contributed by atoms with Crippen LogP contribution in [0.3, 0.4) is 0 Å². The molecule has 5 saturated heterocycles. The van der Waals surface area contributed by atoms with Crippen LogP contribution in [0.4, 0.5) is 0 Å². The van der Waals surface area contributed by atoms with Crippen molar-refractivity contribution in [3.8, 4) is 0 Å². The molecule has 5 aliphatic rings. The minimum absolute atomic E-state index is 0.513. The molecule has 0 spiro atoms. The summed E-state index contributed by atoms with van der Waals surface area (Å²) >= 11 is 0. The zero-order chi connectivity index (χ0) is 20.7. The fourth-order valence-electron chi connectivity index (χ4n) is 5.10. The highest BCUT2D eigenvalue weighted by molar-refractivity contribution is 5.83. The first-order chi connectivity index (χ1) is 13.2. The predicted octanol–water partition coefficient (Wildman–Crippen LogP) is -1.64. The van der Waals surface area contributed by atoms with Gasteiger partial charge in [0.2, 0.25) is 23.6 Å². The lowest BCUT2D eigenvalue weighted by molar-refractivity contribution is -0.175. The van der Waals surface area contributed by atoms with Gasteiger partial charge in [0.25, 0.3) is 0 Å². The van der Waals surface area contributed by atoms with Gasteiger partial charge in [-0.15, -0.1) is 9.81 Å². The Labute approximate surface area is 158 Å². The van der Waals surface area contributed by atoms with E-state index in [0.717, 1.165) is 10.0 Å². The lowest BCUT2D eigenvalue weighted by Gasteiger charge is -2.49. The van der Waals surface area contributed by atoms with Crippen molar-refractivity contribution < 1.29 is 19.2 Å². The molecule has 0 aromatic heterocycles. The summed E-state index contributed by atoms with van der Waals surface area (Å²) in [7, 11) is 0. The Morgan fingerprint density at radius 1 is 0.500 bits per heavy atom. The molecule has 5 aliphatic heterocycles. The molecule has 0 aromatic carbocycles. The molecule has 0 saturated carbocycles. The molecule has 0 aromatic rings. The van der Waals surface area contributed by atoms with Crippen molar-refractivity contribution in [1.29, 1.82) is 0 Å². The van der Waals surface area contributed by atoms with E-state index in [-0.39, 0.29) is 0 Å². The molecular weight excluding hydrogens is 376 g/mol. The van der Waals surface area contributed by atoms with E-state index in [1.165, 1.54) is 47.3 Å². The van der Waals surface area contributed by atoms with Gasteiger partial charge in [0, 0.05) is 27.7 Å². The molecule has 14 nitrogen and oxygen atoms in total. The molecule has 150 valence electrons. The average molecular weight is 394 g/mol. The monoisotopic (exact) mass is 394 g/mol. The fraction of sp³-hybridized carbons (Fsp3) is 0.714. The summed E-state index contributed by atoms with van der Waals surface area (Å²) in [5.41, 5.74) is 0. The van der Waals surface area contributed by atoms with E-state index in [0.29, 0.717) is 0 Å². The van der Waals surface area contributed by atoms with Gasteiger partial charge in [0.15, 0.2) is 37.0 Å². The van der Waals surface area contributed by atoms with Crippen LogP contribution >= 0.6 is 0 Å². The fourth-order valence-corrected chi connectivity index (χ4v) is 5.10. The molecule has 28 heavy (non-hydrogen) atoms. The first kappa shape index (κ1) is 18.1. The van der Waals surface area contributed by atoms with Crippen molar-refractivity contribution in [3.63, 3.8) is 0 Å². The third-order valence-corrected chi connectivity index (χ3v) is 5.81. The molecule has 0 N–H and O–H groups in total. The molecular formula is C14H18N8O6. The quantitative estimate of drug-likeness (QED) is 0.507. The van der Waals surface area contributed by atoms with Gasteiger partial charge in [-0.3, -0.25) is 38.8 Å². The standard InChI is InChI=1S/C14H18N8O6/c1-5(23)17-9-10-19(7(3)25)13-14(20(10)8(4)26)22(16-28)12(18(9)6(2)24)11(17)21(13)15-27/h9-14H,1-4H3. The average Bonchev–Trinajstić information content (AvgIpc) is 3.05.